The molecule has 2 rings (SSSR count). The minimum absolute atomic E-state index is 0.110. The number of nitrogens with zero attached hydrogens (tertiary/aromatic N) is 1. The molecule has 1 atom stereocenters. The maximum absolute atomic E-state index is 13.5. The molecule has 5 heteroatoms. The number of carbonyl (C=O) groups is 2. The largest absolute Gasteiger partial charge is 0.444 e. The molecule has 0 spiro atoms. The van der Waals surface area contributed by atoms with Crippen LogP contribution in [0.2, 0.25) is 0 Å². The van der Waals surface area contributed by atoms with Crippen molar-refractivity contribution in [2.45, 2.75) is 46.1 Å². The third-order valence-electron chi connectivity index (χ3n) is 3.77. The second kappa shape index (κ2) is 6.69. The second-order valence-electron chi connectivity index (χ2n) is 7.15. The first kappa shape index (κ1) is 17.4. The van der Waals surface area contributed by atoms with E-state index in [1.807, 2.05) is 20.8 Å². The lowest BCUT2D eigenvalue weighted by Crippen LogP contribution is -2.44. The van der Waals surface area contributed by atoms with Crippen LogP contribution in [0, 0.1) is 18.7 Å². The second-order valence-corrected chi connectivity index (χ2v) is 7.15. The summed E-state index contributed by atoms with van der Waals surface area (Å²) in [6, 6.07) is 4.35. The maximum Gasteiger partial charge on any atom is 0.410 e. The predicted octanol–water partition coefficient (Wildman–Crippen LogP) is 3.96. The van der Waals surface area contributed by atoms with Gasteiger partial charge in [-0.05, 0) is 64.3 Å². The van der Waals surface area contributed by atoms with Crippen molar-refractivity contribution >= 4 is 11.9 Å². The molecule has 1 fully saturated rings. The Bertz CT molecular complexity index is 587. The average molecular weight is 321 g/mol. The molecule has 0 bridgehead atoms. The first-order chi connectivity index (χ1) is 10.7. The van der Waals surface area contributed by atoms with Gasteiger partial charge < -0.3 is 9.64 Å². The Morgan fingerprint density at radius 3 is 2.57 bits per heavy atom. The van der Waals surface area contributed by atoms with Gasteiger partial charge in [0.15, 0.2) is 5.78 Å². The quantitative estimate of drug-likeness (QED) is 0.775. The molecule has 4 nitrogen and oxygen atoms in total. The predicted molar refractivity (Wildman–Crippen MR) is 86.0 cm³/mol. The van der Waals surface area contributed by atoms with Crippen LogP contribution in [0.25, 0.3) is 0 Å². The number of ether oxygens (including phenoxy) is 1. The molecule has 23 heavy (non-hydrogen) atoms. The van der Waals surface area contributed by atoms with E-state index < -0.39 is 17.5 Å². The summed E-state index contributed by atoms with van der Waals surface area (Å²) in [6.45, 7) is 8.10. The summed E-state index contributed by atoms with van der Waals surface area (Å²) in [6.07, 6.45) is 1.04. The number of halogens is 1. The molecule has 0 aromatic heterocycles. The van der Waals surface area contributed by atoms with Crippen LogP contribution in [0.3, 0.4) is 0 Å². The summed E-state index contributed by atoms with van der Waals surface area (Å²) >= 11 is 0. The van der Waals surface area contributed by atoms with Gasteiger partial charge in [-0.1, -0.05) is 0 Å². The van der Waals surface area contributed by atoms with Gasteiger partial charge in [0.1, 0.15) is 11.4 Å². The van der Waals surface area contributed by atoms with Gasteiger partial charge in [-0.25, -0.2) is 9.18 Å². The molecule has 0 aliphatic carbocycles. The number of likely N-dealkylation sites (tertiary alicyclic amines) is 1. The third kappa shape index (κ3) is 4.78. The Morgan fingerprint density at radius 2 is 1.96 bits per heavy atom. The van der Waals surface area contributed by atoms with Crippen LogP contribution in [-0.4, -0.2) is 35.5 Å². The van der Waals surface area contributed by atoms with Crippen molar-refractivity contribution in [3.05, 3.63) is 35.1 Å². The van der Waals surface area contributed by atoms with Crippen molar-refractivity contribution in [1.82, 2.24) is 4.90 Å². The molecule has 1 aliphatic rings. The molecule has 1 aromatic rings. The summed E-state index contributed by atoms with van der Waals surface area (Å²) in [7, 11) is 0. The summed E-state index contributed by atoms with van der Waals surface area (Å²) in [5, 5.41) is 0. The standard InChI is InChI=1S/C18H24FNO3/c1-12-8-14(10-15(19)9-12)16(21)13-6-5-7-20(11-13)17(22)23-18(2,3)4/h8-10,13H,5-7,11H2,1-4H3. The van der Waals surface area contributed by atoms with Gasteiger partial charge in [0.2, 0.25) is 0 Å². The monoisotopic (exact) mass is 321 g/mol. The highest BCUT2D eigenvalue weighted by atomic mass is 19.1. The summed E-state index contributed by atoms with van der Waals surface area (Å²) in [5.74, 6) is -0.827. The zero-order valence-corrected chi connectivity index (χ0v) is 14.2. The van der Waals surface area contributed by atoms with E-state index in [1.54, 1.807) is 17.9 Å². The lowest BCUT2D eigenvalue weighted by atomic mass is 9.89. The van der Waals surface area contributed by atoms with Gasteiger partial charge in [0.05, 0.1) is 0 Å². The van der Waals surface area contributed by atoms with Gasteiger partial charge in [0.25, 0.3) is 0 Å². The smallest absolute Gasteiger partial charge is 0.410 e. The highest BCUT2D eigenvalue weighted by molar-refractivity contribution is 5.98. The molecule has 0 radical (unpaired) electrons. The number of aryl methyl sites for hydroxylation is 1. The Balaban J connectivity index is 2.08. The van der Waals surface area contributed by atoms with Gasteiger partial charge in [-0.15, -0.1) is 0 Å². The Hall–Kier alpha value is -1.91. The molecular weight excluding hydrogens is 297 g/mol. The first-order valence-electron chi connectivity index (χ1n) is 7.95. The van der Waals surface area contributed by atoms with E-state index in [9.17, 15) is 14.0 Å². The summed E-state index contributed by atoms with van der Waals surface area (Å²) in [4.78, 5) is 26.3. The third-order valence-corrected chi connectivity index (χ3v) is 3.77. The fraction of sp³-hybridized carbons (Fsp3) is 0.556. The minimum Gasteiger partial charge on any atom is -0.444 e. The molecule has 1 amide bonds. The fourth-order valence-electron chi connectivity index (χ4n) is 2.80. The van der Waals surface area contributed by atoms with Gasteiger partial charge >= 0.3 is 6.09 Å². The topological polar surface area (TPSA) is 46.6 Å². The fourth-order valence-corrected chi connectivity index (χ4v) is 2.80. The van der Waals surface area contributed by atoms with Crippen LogP contribution in [0.15, 0.2) is 18.2 Å². The van der Waals surface area contributed by atoms with Crippen molar-refractivity contribution in [3.8, 4) is 0 Å². The Labute approximate surface area is 136 Å². The first-order valence-corrected chi connectivity index (χ1v) is 7.95. The van der Waals surface area contributed by atoms with Crippen molar-refractivity contribution in [1.29, 1.82) is 0 Å². The van der Waals surface area contributed by atoms with Crippen LogP contribution in [0.5, 0.6) is 0 Å². The van der Waals surface area contributed by atoms with Crippen molar-refractivity contribution < 1.29 is 18.7 Å². The number of piperidine rings is 1. The molecule has 0 N–H and O–H groups in total. The van der Waals surface area contributed by atoms with Gasteiger partial charge in [0, 0.05) is 24.6 Å². The zero-order chi connectivity index (χ0) is 17.2. The van der Waals surface area contributed by atoms with E-state index in [1.165, 1.54) is 12.1 Å². The van der Waals surface area contributed by atoms with E-state index in [2.05, 4.69) is 0 Å². The van der Waals surface area contributed by atoms with Crippen molar-refractivity contribution in [2.24, 2.45) is 5.92 Å². The molecule has 0 saturated carbocycles. The summed E-state index contributed by atoms with van der Waals surface area (Å²) < 4.78 is 18.9. The number of amides is 1. The normalized spacial score (nSPS) is 18.7. The van der Waals surface area contributed by atoms with Crippen LogP contribution in [-0.2, 0) is 4.74 Å². The van der Waals surface area contributed by atoms with E-state index in [0.29, 0.717) is 30.6 Å². The minimum atomic E-state index is -0.562. The Morgan fingerprint density at radius 1 is 1.26 bits per heavy atom. The van der Waals surface area contributed by atoms with Crippen LogP contribution in [0.1, 0.15) is 49.5 Å². The highest BCUT2D eigenvalue weighted by Crippen LogP contribution is 2.23. The van der Waals surface area contributed by atoms with Gasteiger partial charge in [-0.2, -0.15) is 0 Å². The van der Waals surface area contributed by atoms with Gasteiger partial charge in [-0.3, -0.25) is 4.79 Å². The number of hydrogen-bond acceptors (Lipinski definition) is 3. The lowest BCUT2D eigenvalue weighted by molar-refractivity contribution is 0.0172. The lowest BCUT2D eigenvalue weighted by Gasteiger charge is -2.33. The van der Waals surface area contributed by atoms with E-state index in [-0.39, 0.29) is 11.7 Å². The molecule has 1 saturated heterocycles. The van der Waals surface area contributed by atoms with Crippen LogP contribution < -0.4 is 0 Å². The Kier molecular flexibility index (Phi) is 5.07. The number of rotatable bonds is 2. The number of benzene rings is 1. The number of ketones is 1. The van der Waals surface area contributed by atoms with E-state index in [4.69, 9.17) is 4.74 Å². The molecular formula is C18H24FNO3. The molecule has 1 aliphatic heterocycles. The SMILES string of the molecule is Cc1cc(F)cc(C(=O)C2CCCN(C(=O)OC(C)(C)C)C2)c1. The molecule has 1 aromatic carbocycles. The zero-order valence-electron chi connectivity index (χ0n) is 14.2. The number of hydrogen-bond donors (Lipinski definition) is 0. The maximum atomic E-state index is 13.5. The molecule has 1 heterocycles. The molecule has 126 valence electrons. The van der Waals surface area contributed by atoms with Crippen molar-refractivity contribution in [2.75, 3.05) is 13.1 Å². The molecule has 1 unspecified atom stereocenters. The van der Waals surface area contributed by atoms with Crippen LogP contribution in [0.4, 0.5) is 9.18 Å². The van der Waals surface area contributed by atoms with E-state index in [0.717, 1.165) is 6.42 Å². The van der Waals surface area contributed by atoms with Crippen molar-refractivity contribution in [3.63, 3.8) is 0 Å². The van der Waals surface area contributed by atoms with E-state index >= 15 is 0 Å². The number of Topliss-reactive ketones (excluding diaryl/α,β-unsaturated/α-hetero) is 1. The average Bonchev–Trinajstić information content (AvgIpc) is 2.44. The highest BCUT2D eigenvalue weighted by Gasteiger charge is 2.31. The summed E-state index contributed by atoms with van der Waals surface area (Å²) in [5.41, 5.74) is 0.528. The number of carbonyl (C=O) groups excluding carboxylic acids is 2. The van der Waals surface area contributed by atoms with Crippen LogP contribution >= 0.6 is 0 Å².